The molecule has 0 aromatic heterocycles. The number of nitrogens with zero attached hydrogens (tertiary/aromatic N) is 3. The maximum absolute atomic E-state index is 12.4. The highest BCUT2D eigenvalue weighted by Crippen LogP contribution is 2.30. The Morgan fingerprint density at radius 3 is 2.44 bits per heavy atom. The van der Waals surface area contributed by atoms with Gasteiger partial charge in [-0.1, -0.05) is 17.7 Å². The molecule has 0 N–H and O–H groups in total. The number of ether oxygens (including phenoxy) is 1. The van der Waals surface area contributed by atoms with Crippen LogP contribution in [-0.4, -0.2) is 26.3 Å². The van der Waals surface area contributed by atoms with E-state index in [1.165, 1.54) is 31.3 Å². The van der Waals surface area contributed by atoms with E-state index in [1.807, 2.05) is 12.1 Å². The zero-order valence-electron chi connectivity index (χ0n) is 13.3. The van der Waals surface area contributed by atoms with Gasteiger partial charge in [-0.25, -0.2) is 8.42 Å². The van der Waals surface area contributed by atoms with Crippen LogP contribution in [0.4, 0.5) is 0 Å². The fraction of sp³-hybridized carbons (Fsp3) is 0.176. The van der Waals surface area contributed by atoms with Gasteiger partial charge in [0.1, 0.15) is 23.1 Å². The van der Waals surface area contributed by atoms with Gasteiger partial charge in [-0.05, 0) is 36.4 Å². The van der Waals surface area contributed by atoms with Crippen LogP contribution in [0.15, 0.2) is 47.4 Å². The van der Waals surface area contributed by atoms with Crippen LogP contribution in [0.25, 0.3) is 0 Å². The van der Waals surface area contributed by atoms with Gasteiger partial charge in [0.25, 0.3) is 0 Å². The molecule has 0 unspecified atom stereocenters. The number of rotatable bonds is 6. The Morgan fingerprint density at radius 2 is 1.84 bits per heavy atom. The normalized spacial score (nSPS) is 10.9. The standard InChI is InChI=1S/C17H14ClN3O3S/c1-21(11-3-10-19)25(22,23)14-8-6-13(7-9-14)24-17-5-2-4-16(18)15(17)12-20/h2,4-9H,3,11H2,1H3. The third kappa shape index (κ3) is 4.28. The van der Waals surface area contributed by atoms with Crippen molar-refractivity contribution < 1.29 is 13.2 Å². The lowest BCUT2D eigenvalue weighted by Crippen LogP contribution is -2.27. The molecule has 25 heavy (non-hydrogen) atoms. The molecular formula is C17H14ClN3O3S. The Morgan fingerprint density at radius 1 is 1.16 bits per heavy atom. The lowest BCUT2D eigenvalue weighted by atomic mass is 10.2. The average molecular weight is 376 g/mol. The monoisotopic (exact) mass is 375 g/mol. The molecule has 0 fully saturated rings. The lowest BCUT2D eigenvalue weighted by Gasteiger charge is -2.16. The van der Waals surface area contributed by atoms with Gasteiger partial charge in [-0.3, -0.25) is 0 Å². The molecular weight excluding hydrogens is 362 g/mol. The molecule has 0 aliphatic carbocycles. The predicted octanol–water partition coefficient (Wildman–Crippen LogP) is 3.54. The fourth-order valence-electron chi connectivity index (χ4n) is 2.01. The first kappa shape index (κ1) is 18.8. The highest BCUT2D eigenvalue weighted by Gasteiger charge is 2.20. The quantitative estimate of drug-likeness (QED) is 0.769. The summed E-state index contributed by atoms with van der Waals surface area (Å²) in [7, 11) is -2.25. The number of hydrogen-bond acceptors (Lipinski definition) is 5. The summed E-state index contributed by atoms with van der Waals surface area (Å²) in [5.41, 5.74) is 0.206. The first-order valence-corrected chi connectivity index (χ1v) is 9.01. The second-order valence-corrected chi connectivity index (χ2v) is 7.49. The van der Waals surface area contributed by atoms with Gasteiger partial charge in [-0.15, -0.1) is 0 Å². The van der Waals surface area contributed by atoms with E-state index in [1.54, 1.807) is 18.2 Å². The molecule has 0 radical (unpaired) electrons. The highest BCUT2D eigenvalue weighted by atomic mass is 35.5. The minimum Gasteiger partial charge on any atom is -0.456 e. The zero-order chi connectivity index (χ0) is 18.4. The third-order valence-electron chi connectivity index (χ3n) is 3.39. The Bertz CT molecular complexity index is 945. The minimum absolute atomic E-state index is 0.0897. The largest absolute Gasteiger partial charge is 0.456 e. The highest BCUT2D eigenvalue weighted by molar-refractivity contribution is 7.89. The summed E-state index contributed by atoms with van der Waals surface area (Å²) in [6.07, 6.45) is 0.114. The second kappa shape index (κ2) is 8.00. The van der Waals surface area contributed by atoms with E-state index < -0.39 is 10.0 Å². The van der Waals surface area contributed by atoms with Gasteiger partial charge in [0.15, 0.2) is 0 Å². The van der Waals surface area contributed by atoms with Crippen LogP contribution in [0.2, 0.25) is 5.02 Å². The maximum atomic E-state index is 12.4. The van der Waals surface area contributed by atoms with Gasteiger partial charge in [0.05, 0.1) is 16.0 Å². The summed E-state index contributed by atoms with van der Waals surface area (Å²) < 4.78 is 31.5. The van der Waals surface area contributed by atoms with Crippen molar-refractivity contribution in [3.05, 3.63) is 53.1 Å². The van der Waals surface area contributed by atoms with Gasteiger partial charge in [-0.2, -0.15) is 14.8 Å². The molecule has 0 bridgehead atoms. The first-order valence-electron chi connectivity index (χ1n) is 7.20. The van der Waals surface area contributed by atoms with Crippen LogP contribution >= 0.6 is 11.6 Å². The van der Waals surface area contributed by atoms with Gasteiger partial charge >= 0.3 is 0 Å². The van der Waals surface area contributed by atoms with Crippen molar-refractivity contribution >= 4 is 21.6 Å². The van der Waals surface area contributed by atoms with Crippen molar-refractivity contribution in [2.45, 2.75) is 11.3 Å². The van der Waals surface area contributed by atoms with Crippen LogP contribution < -0.4 is 4.74 Å². The number of nitriles is 2. The molecule has 0 saturated heterocycles. The van der Waals surface area contributed by atoms with Crippen LogP contribution in [0, 0.1) is 22.7 Å². The van der Waals surface area contributed by atoms with Gasteiger partial charge < -0.3 is 4.74 Å². The number of benzene rings is 2. The van der Waals surface area contributed by atoms with Crippen LogP contribution in [-0.2, 0) is 10.0 Å². The summed E-state index contributed by atoms with van der Waals surface area (Å²) in [6, 6.07) is 14.5. The second-order valence-electron chi connectivity index (χ2n) is 5.03. The maximum Gasteiger partial charge on any atom is 0.242 e. The number of sulfonamides is 1. The van der Waals surface area contributed by atoms with E-state index in [4.69, 9.17) is 26.9 Å². The smallest absolute Gasteiger partial charge is 0.242 e. The fourth-order valence-corrected chi connectivity index (χ4v) is 3.39. The Balaban J connectivity index is 2.23. The van der Waals surface area contributed by atoms with Gasteiger partial charge in [0.2, 0.25) is 10.0 Å². The predicted molar refractivity (Wildman–Crippen MR) is 92.7 cm³/mol. The van der Waals surface area contributed by atoms with E-state index in [2.05, 4.69) is 0 Å². The Kier molecular flexibility index (Phi) is 6.00. The van der Waals surface area contributed by atoms with E-state index in [9.17, 15) is 8.42 Å². The SMILES string of the molecule is CN(CCC#N)S(=O)(=O)c1ccc(Oc2cccc(Cl)c2C#N)cc1. The van der Waals surface area contributed by atoms with Crippen molar-refractivity contribution in [1.82, 2.24) is 4.31 Å². The lowest BCUT2D eigenvalue weighted by molar-refractivity contribution is 0.474. The summed E-state index contributed by atoms with van der Waals surface area (Å²) in [6.45, 7) is 0.116. The van der Waals surface area contributed by atoms with Gasteiger partial charge in [0, 0.05) is 20.0 Å². The summed E-state index contributed by atoms with van der Waals surface area (Å²) in [4.78, 5) is 0.0897. The minimum atomic E-state index is -3.67. The van der Waals surface area contributed by atoms with Crippen molar-refractivity contribution in [3.8, 4) is 23.6 Å². The van der Waals surface area contributed by atoms with Crippen LogP contribution in [0.5, 0.6) is 11.5 Å². The Hall–Kier alpha value is -2.58. The van der Waals surface area contributed by atoms with Crippen molar-refractivity contribution in [1.29, 1.82) is 10.5 Å². The average Bonchev–Trinajstić information content (AvgIpc) is 2.60. The topological polar surface area (TPSA) is 94.2 Å². The number of hydrogen-bond donors (Lipinski definition) is 0. The Labute approximate surface area is 151 Å². The summed E-state index contributed by atoms with van der Waals surface area (Å²) >= 11 is 5.95. The molecule has 0 saturated carbocycles. The third-order valence-corrected chi connectivity index (χ3v) is 5.57. The van der Waals surface area contributed by atoms with E-state index >= 15 is 0 Å². The molecule has 2 rings (SSSR count). The molecule has 0 aliphatic rings. The molecule has 128 valence electrons. The molecule has 2 aromatic rings. The van der Waals surface area contributed by atoms with E-state index in [-0.39, 0.29) is 34.2 Å². The zero-order valence-corrected chi connectivity index (χ0v) is 14.9. The molecule has 0 spiro atoms. The number of halogens is 1. The van der Waals surface area contributed by atoms with E-state index in [0.717, 1.165) is 4.31 Å². The molecule has 6 nitrogen and oxygen atoms in total. The molecule has 0 atom stereocenters. The molecule has 8 heteroatoms. The summed E-state index contributed by atoms with van der Waals surface area (Å²) in [5.74, 6) is 0.661. The summed E-state index contributed by atoms with van der Waals surface area (Å²) in [5, 5.41) is 18.0. The van der Waals surface area contributed by atoms with Crippen molar-refractivity contribution in [2.24, 2.45) is 0 Å². The van der Waals surface area contributed by atoms with Crippen LogP contribution in [0.3, 0.4) is 0 Å². The van der Waals surface area contributed by atoms with Crippen LogP contribution in [0.1, 0.15) is 12.0 Å². The first-order chi connectivity index (χ1) is 11.9. The molecule has 2 aromatic carbocycles. The molecule has 0 aliphatic heterocycles. The molecule has 0 amide bonds. The molecule has 0 heterocycles. The van der Waals surface area contributed by atoms with E-state index in [0.29, 0.717) is 5.75 Å². The van der Waals surface area contributed by atoms with Crippen molar-refractivity contribution in [2.75, 3.05) is 13.6 Å². The van der Waals surface area contributed by atoms with Crippen molar-refractivity contribution in [3.63, 3.8) is 0 Å².